The van der Waals surface area contributed by atoms with Crippen LogP contribution in [0.5, 0.6) is 5.75 Å². The zero-order chi connectivity index (χ0) is 23.0. The molecule has 0 unspecified atom stereocenters. The van der Waals surface area contributed by atoms with E-state index in [2.05, 4.69) is 30.9 Å². The number of hydrogen-bond donors (Lipinski definition) is 0. The van der Waals surface area contributed by atoms with E-state index in [4.69, 9.17) is 14.5 Å². The van der Waals surface area contributed by atoms with Crippen LogP contribution in [-0.4, -0.2) is 61.8 Å². The fourth-order valence-electron chi connectivity index (χ4n) is 3.91. The Hall–Kier alpha value is -2.48. The molecule has 7 heteroatoms. The number of anilines is 1. The summed E-state index contributed by atoms with van der Waals surface area (Å²) in [6.07, 6.45) is 2.96. The van der Waals surface area contributed by atoms with Gasteiger partial charge in [-0.2, -0.15) is 0 Å². The van der Waals surface area contributed by atoms with Gasteiger partial charge in [-0.1, -0.05) is 36.8 Å². The minimum atomic E-state index is -0.0336. The molecule has 176 valence electrons. The molecule has 0 radical (unpaired) electrons. The van der Waals surface area contributed by atoms with Gasteiger partial charge in [-0.05, 0) is 55.7 Å². The van der Waals surface area contributed by atoms with Crippen molar-refractivity contribution < 1.29 is 14.3 Å². The van der Waals surface area contributed by atoms with Crippen molar-refractivity contribution in [3.8, 4) is 5.75 Å². The van der Waals surface area contributed by atoms with E-state index >= 15 is 0 Å². The van der Waals surface area contributed by atoms with Gasteiger partial charge in [-0.15, -0.1) is 0 Å². The Balaban J connectivity index is 1.54. The predicted molar refractivity (Wildman–Crippen MR) is 135 cm³/mol. The van der Waals surface area contributed by atoms with E-state index in [9.17, 15) is 4.79 Å². The summed E-state index contributed by atoms with van der Waals surface area (Å²) < 4.78 is 12.4. The predicted octanol–water partition coefficient (Wildman–Crippen LogP) is 5.15. The van der Waals surface area contributed by atoms with Gasteiger partial charge in [-0.25, -0.2) is 4.98 Å². The van der Waals surface area contributed by atoms with Crippen molar-refractivity contribution >= 4 is 32.6 Å². The quantitative estimate of drug-likeness (QED) is 0.386. The van der Waals surface area contributed by atoms with Crippen molar-refractivity contribution in [3.05, 3.63) is 53.6 Å². The Morgan fingerprint density at radius 1 is 1.18 bits per heavy atom. The van der Waals surface area contributed by atoms with E-state index in [0.29, 0.717) is 18.7 Å². The summed E-state index contributed by atoms with van der Waals surface area (Å²) in [4.78, 5) is 22.7. The Morgan fingerprint density at radius 3 is 2.85 bits per heavy atom. The molecule has 0 N–H and O–H groups in total. The summed E-state index contributed by atoms with van der Waals surface area (Å²) in [6.45, 7) is 9.90. The van der Waals surface area contributed by atoms with Crippen molar-refractivity contribution in [2.45, 2.75) is 33.1 Å². The van der Waals surface area contributed by atoms with E-state index in [1.54, 1.807) is 11.3 Å². The number of thiazole rings is 1. The van der Waals surface area contributed by atoms with Gasteiger partial charge in [0, 0.05) is 31.7 Å². The Labute approximate surface area is 200 Å². The molecule has 0 bridgehead atoms. The fraction of sp³-hybridized carbons (Fsp3) is 0.462. The first kappa shape index (κ1) is 23.7. The zero-order valence-electron chi connectivity index (χ0n) is 19.6. The average molecular weight is 468 g/mol. The largest absolute Gasteiger partial charge is 0.494 e. The van der Waals surface area contributed by atoms with Crippen LogP contribution in [0.4, 0.5) is 5.13 Å². The van der Waals surface area contributed by atoms with Crippen molar-refractivity contribution in [3.63, 3.8) is 0 Å². The minimum absolute atomic E-state index is 0.0336. The Bertz CT molecular complexity index is 1060. The van der Waals surface area contributed by atoms with Crippen LogP contribution in [0.25, 0.3) is 10.2 Å². The van der Waals surface area contributed by atoms with E-state index < -0.39 is 0 Å². The second kappa shape index (κ2) is 11.6. The monoisotopic (exact) mass is 467 g/mol. The number of rotatable bonds is 10. The third kappa shape index (κ3) is 6.31. The summed E-state index contributed by atoms with van der Waals surface area (Å²) >= 11 is 1.58. The lowest BCUT2D eigenvalue weighted by atomic mass is 10.2. The lowest BCUT2D eigenvalue weighted by Gasteiger charge is -2.27. The number of morpholine rings is 1. The van der Waals surface area contributed by atoms with Gasteiger partial charge in [0.2, 0.25) is 0 Å². The van der Waals surface area contributed by atoms with Crippen LogP contribution in [-0.2, 0) is 4.74 Å². The second-order valence-corrected chi connectivity index (χ2v) is 9.47. The number of fused-ring (bicyclic) bond motifs is 1. The SMILES string of the molecule is CCCCOc1cccc(C(=O)N(CCCN2CCOCC2)c2nc3ccc(C)cc3s2)c1. The molecule has 1 aliphatic heterocycles. The number of carbonyl (C=O) groups is 1. The molecule has 1 amide bonds. The molecule has 1 fully saturated rings. The van der Waals surface area contributed by atoms with E-state index in [1.165, 1.54) is 5.56 Å². The maximum absolute atomic E-state index is 13.7. The zero-order valence-corrected chi connectivity index (χ0v) is 20.4. The van der Waals surface area contributed by atoms with Crippen molar-refractivity contribution in [2.75, 3.05) is 50.9 Å². The summed E-state index contributed by atoms with van der Waals surface area (Å²) in [5, 5.41) is 0.750. The highest BCUT2D eigenvalue weighted by Crippen LogP contribution is 2.31. The third-order valence-corrected chi connectivity index (χ3v) is 6.86. The van der Waals surface area contributed by atoms with E-state index in [0.717, 1.165) is 73.2 Å². The first-order valence-corrected chi connectivity index (χ1v) is 12.7. The maximum Gasteiger partial charge on any atom is 0.260 e. The van der Waals surface area contributed by atoms with Crippen molar-refractivity contribution in [1.82, 2.24) is 9.88 Å². The number of nitrogens with zero attached hydrogens (tertiary/aromatic N) is 3. The maximum atomic E-state index is 13.7. The Morgan fingerprint density at radius 2 is 2.03 bits per heavy atom. The standard InChI is InChI=1S/C26H33N3O3S/c1-3-4-15-32-22-8-5-7-21(19-22)25(30)29(12-6-11-28-13-16-31-17-14-28)26-27-23-10-9-20(2)18-24(23)33-26/h5,7-10,18-19H,3-4,6,11-17H2,1-2H3. The molecule has 33 heavy (non-hydrogen) atoms. The highest BCUT2D eigenvalue weighted by atomic mass is 32.1. The van der Waals surface area contributed by atoms with Crippen LogP contribution in [0.1, 0.15) is 42.1 Å². The van der Waals surface area contributed by atoms with Gasteiger partial charge in [0.1, 0.15) is 5.75 Å². The molecule has 0 spiro atoms. The number of unbranched alkanes of at least 4 members (excludes halogenated alkanes) is 1. The van der Waals surface area contributed by atoms with E-state index in [-0.39, 0.29) is 5.91 Å². The van der Waals surface area contributed by atoms with Crippen LogP contribution in [0, 0.1) is 6.92 Å². The smallest absolute Gasteiger partial charge is 0.260 e. The first-order valence-electron chi connectivity index (χ1n) is 11.9. The number of ether oxygens (including phenoxy) is 2. The number of aryl methyl sites for hydroxylation is 1. The van der Waals surface area contributed by atoms with Gasteiger partial charge in [0.15, 0.2) is 5.13 Å². The highest BCUT2D eigenvalue weighted by molar-refractivity contribution is 7.22. The van der Waals surface area contributed by atoms with Crippen LogP contribution in [0.15, 0.2) is 42.5 Å². The summed E-state index contributed by atoms with van der Waals surface area (Å²) in [7, 11) is 0. The molecule has 1 saturated heterocycles. The number of amides is 1. The number of aromatic nitrogens is 1. The molecule has 2 aromatic carbocycles. The molecule has 0 saturated carbocycles. The first-order chi connectivity index (χ1) is 16.1. The third-order valence-electron chi connectivity index (χ3n) is 5.82. The van der Waals surface area contributed by atoms with Crippen LogP contribution in [0.2, 0.25) is 0 Å². The average Bonchev–Trinajstić information content (AvgIpc) is 3.25. The number of carbonyl (C=O) groups excluding carboxylic acids is 1. The highest BCUT2D eigenvalue weighted by Gasteiger charge is 2.22. The number of benzene rings is 2. The molecule has 6 nitrogen and oxygen atoms in total. The second-order valence-electron chi connectivity index (χ2n) is 8.46. The fourth-order valence-corrected chi connectivity index (χ4v) is 4.99. The minimum Gasteiger partial charge on any atom is -0.494 e. The van der Waals surface area contributed by atoms with Crippen molar-refractivity contribution in [1.29, 1.82) is 0 Å². The van der Waals surface area contributed by atoms with Crippen molar-refractivity contribution in [2.24, 2.45) is 0 Å². The molecule has 1 aromatic heterocycles. The molecule has 3 aromatic rings. The molecule has 0 aliphatic carbocycles. The van der Waals surface area contributed by atoms with Crippen LogP contribution >= 0.6 is 11.3 Å². The summed E-state index contributed by atoms with van der Waals surface area (Å²) in [6, 6.07) is 13.7. The van der Waals surface area contributed by atoms with Gasteiger partial charge in [0.25, 0.3) is 5.91 Å². The van der Waals surface area contributed by atoms with Gasteiger partial charge < -0.3 is 9.47 Å². The molecule has 4 rings (SSSR count). The van der Waals surface area contributed by atoms with Crippen LogP contribution in [0.3, 0.4) is 0 Å². The lowest BCUT2D eigenvalue weighted by Crippen LogP contribution is -2.39. The molecule has 1 aliphatic rings. The van der Waals surface area contributed by atoms with Gasteiger partial charge >= 0.3 is 0 Å². The topological polar surface area (TPSA) is 54.9 Å². The Kier molecular flexibility index (Phi) is 8.31. The van der Waals surface area contributed by atoms with Crippen LogP contribution < -0.4 is 9.64 Å². The molecule has 0 atom stereocenters. The molecule has 2 heterocycles. The summed E-state index contributed by atoms with van der Waals surface area (Å²) in [5.74, 6) is 0.705. The summed E-state index contributed by atoms with van der Waals surface area (Å²) in [5.41, 5.74) is 2.76. The molecular weight excluding hydrogens is 434 g/mol. The number of hydrogen-bond acceptors (Lipinski definition) is 6. The van der Waals surface area contributed by atoms with E-state index in [1.807, 2.05) is 35.2 Å². The molecular formula is C26H33N3O3S. The van der Waals surface area contributed by atoms with Gasteiger partial charge in [-0.3, -0.25) is 14.6 Å². The van der Waals surface area contributed by atoms with Gasteiger partial charge in [0.05, 0.1) is 30.0 Å². The lowest BCUT2D eigenvalue weighted by molar-refractivity contribution is 0.0376. The normalized spacial score (nSPS) is 14.5.